The fourth-order valence-electron chi connectivity index (χ4n) is 4.43. The molecule has 2 heterocycles. The summed E-state index contributed by atoms with van der Waals surface area (Å²) >= 11 is 2.56. The fraction of sp³-hybridized carbons (Fsp3) is 0.440. The lowest BCUT2D eigenvalue weighted by Crippen LogP contribution is -2.17. The van der Waals surface area contributed by atoms with E-state index in [1.165, 1.54) is 74.4 Å². The molecule has 1 aliphatic carbocycles. The van der Waals surface area contributed by atoms with Crippen LogP contribution < -0.4 is 5.32 Å². The molecule has 0 atom stereocenters. The predicted molar refractivity (Wildman–Crippen MR) is 136 cm³/mol. The Morgan fingerprint density at radius 3 is 2.63 bits per heavy atom. The normalized spacial score (nSPS) is 14.1. The lowest BCUT2D eigenvalue weighted by atomic mass is 9.87. The number of thiophene rings is 1. The van der Waals surface area contributed by atoms with Gasteiger partial charge >= 0.3 is 5.97 Å². The van der Waals surface area contributed by atoms with Crippen molar-refractivity contribution in [2.24, 2.45) is 5.92 Å². The molecule has 186 valence electrons. The Bertz CT molecular complexity index is 1170. The third-order valence-corrected chi connectivity index (χ3v) is 8.09. The summed E-state index contributed by atoms with van der Waals surface area (Å²) in [7, 11) is 1.29. The highest BCUT2D eigenvalue weighted by Crippen LogP contribution is 2.36. The maximum Gasteiger partial charge on any atom is 0.341 e. The first-order valence-electron chi connectivity index (χ1n) is 11.8. The van der Waals surface area contributed by atoms with Gasteiger partial charge in [0.05, 0.1) is 12.9 Å². The monoisotopic (exact) mass is 516 g/mol. The molecule has 3 aromatic rings. The standard InChI is InChI=1S/C25H29FN4O3S2/c1-3-30-20(13-16-7-5-4-6-8-16)28-29-25(30)35-15-21(31)27-23-22(24(32)33-2)19(14-34-23)17-9-11-18(26)12-10-17/h9-12,14,16H,3-8,13,15H2,1-2H3,(H,27,31). The summed E-state index contributed by atoms with van der Waals surface area (Å²) in [6, 6.07) is 5.84. The van der Waals surface area contributed by atoms with Crippen LogP contribution in [0.15, 0.2) is 34.8 Å². The van der Waals surface area contributed by atoms with Crippen molar-refractivity contribution in [3.05, 3.63) is 46.9 Å². The Morgan fingerprint density at radius 2 is 1.94 bits per heavy atom. The summed E-state index contributed by atoms with van der Waals surface area (Å²) in [6.07, 6.45) is 7.30. The number of hydrogen-bond donors (Lipinski definition) is 1. The van der Waals surface area contributed by atoms with Gasteiger partial charge in [-0.05, 0) is 30.5 Å². The molecule has 2 aromatic heterocycles. The summed E-state index contributed by atoms with van der Waals surface area (Å²) in [6.45, 7) is 2.81. The number of halogens is 1. The first-order valence-corrected chi connectivity index (χ1v) is 13.7. The summed E-state index contributed by atoms with van der Waals surface area (Å²) < 4.78 is 20.4. The number of amides is 1. The van der Waals surface area contributed by atoms with Crippen LogP contribution in [0, 0.1) is 11.7 Å². The van der Waals surface area contributed by atoms with Crippen molar-refractivity contribution in [1.82, 2.24) is 14.8 Å². The number of carbonyl (C=O) groups is 2. The average molecular weight is 517 g/mol. The molecule has 7 nitrogen and oxygen atoms in total. The molecule has 0 unspecified atom stereocenters. The number of hydrogen-bond acceptors (Lipinski definition) is 7. The quantitative estimate of drug-likeness (QED) is 0.286. The Balaban J connectivity index is 1.43. The number of carbonyl (C=O) groups excluding carboxylic acids is 2. The molecule has 0 aliphatic heterocycles. The Morgan fingerprint density at radius 1 is 1.20 bits per heavy atom. The number of ether oxygens (including phenoxy) is 1. The Labute approximate surface area is 212 Å². The third-order valence-electron chi connectivity index (χ3n) is 6.23. The zero-order chi connectivity index (χ0) is 24.8. The third kappa shape index (κ3) is 6.10. The van der Waals surface area contributed by atoms with Gasteiger partial charge in [0, 0.05) is 23.9 Å². The van der Waals surface area contributed by atoms with E-state index in [4.69, 9.17) is 4.74 Å². The van der Waals surface area contributed by atoms with Crippen LogP contribution in [-0.4, -0.2) is 39.5 Å². The van der Waals surface area contributed by atoms with E-state index < -0.39 is 5.97 Å². The molecule has 0 saturated heterocycles. The zero-order valence-corrected chi connectivity index (χ0v) is 21.5. The van der Waals surface area contributed by atoms with Gasteiger partial charge in [-0.1, -0.05) is 56.0 Å². The molecule has 0 bridgehead atoms. The highest BCUT2D eigenvalue weighted by atomic mass is 32.2. The van der Waals surface area contributed by atoms with Crippen LogP contribution in [0.3, 0.4) is 0 Å². The van der Waals surface area contributed by atoms with Crippen molar-refractivity contribution in [3.8, 4) is 11.1 Å². The van der Waals surface area contributed by atoms with Crippen molar-refractivity contribution >= 4 is 40.0 Å². The molecule has 35 heavy (non-hydrogen) atoms. The molecule has 1 aromatic carbocycles. The van der Waals surface area contributed by atoms with E-state index in [1.807, 2.05) is 0 Å². The summed E-state index contributed by atoms with van der Waals surface area (Å²) in [5, 5.41) is 14.5. The van der Waals surface area contributed by atoms with Gasteiger partial charge in [-0.2, -0.15) is 0 Å². The second kappa shape index (κ2) is 11.8. The summed E-state index contributed by atoms with van der Waals surface area (Å²) in [5.41, 5.74) is 1.51. The van der Waals surface area contributed by atoms with E-state index in [0.717, 1.165) is 23.9 Å². The predicted octanol–water partition coefficient (Wildman–Crippen LogP) is 5.81. The largest absolute Gasteiger partial charge is 0.465 e. The van der Waals surface area contributed by atoms with Gasteiger partial charge in [-0.15, -0.1) is 21.5 Å². The molecule has 1 fully saturated rings. The van der Waals surface area contributed by atoms with Crippen LogP contribution in [0.1, 0.15) is 55.2 Å². The van der Waals surface area contributed by atoms with Crippen LogP contribution in [-0.2, 0) is 22.5 Å². The van der Waals surface area contributed by atoms with Crippen LogP contribution >= 0.6 is 23.1 Å². The van der Waals surface area contributed by atoms with E-state index in [-0.39, 0.29) is 23.0 Å². The number of aromatic nitrogens is 3. The maximum atomic E-state index is 13.3. The Hall–Kier alpha value is -2.72. The molecule has 1 aliphatic rings. The van der Waals surface area contributed by atoms with Gasteiger partial charge in [0.25, 0.3) is 0 Å². The number of anilines is 1. The second-order valence-electron chi connectivity index (χ2n) is 8.54. The molecule has 4 rings (SSSR count). The number of thioether (sulfide) groups is 1. The lowest BCUT2D eigenvalue weighted by Gasteiger charge is -2.21. The second-order valence-corrected chi connectivity index (χ2v) is 10.4. The number of methoxy groups -OCH3 is 1. The highest BCUT2D eigenvalue weighted by molar-refractivity contribution is 7.99. The smallest absolute Gasteiger partial charge is 0.341 e. The van der Waals surface area contributed by atoms with E-state index in [0.29, 0.717) is 22.0 Å². The minimum atomic E-state index is -0.563. The molecule has 1 N–H and O–H groups in total. The maximum absolute atomic E-state index is 13.3. The minimum absolute atomic E-state index is 0.131. The molecular weight excluding hydrogens is 487 g/mol. The molecule has 0 spiro atoms. The van der Waals surface area contributed by atoms with Crippen LogP contribution in [0.25, 0.3) is 11.1 Å². The van der Waals surface area contributed by atoms with Gasteiger partial charge in [-0.3, -0.25) is 4.79 Å². The molecule has 1 amide bonds. The van der Waals surface area contributed by atoms with Crippen molar-refractivity contribution < 1.29 is 18.7 Å². The van der Waals surface area contributed by atoms with Gasteiger partial charge < -0.3 is 14.6 Å². The summed E-state index contributed by atoms with van der Waals surface area (Å²) in [4.78, 5) is 25.3. The van der Waals surface area contributed by atoms with Gasteiger partial charge in [-0.25, -0.2) is 9.18 Å². The topological polar surface area (TPSA) is 86.1 Å². The highest BCUT2D eigenvalue weighted by Gasteiger charge is 2.23. The number of rotatable bonds is 9. The van der Waals surface area contributed by atoms with E-state index >= 15 is 0 Å². The van der Waals surface area contributed by atoms with Crippen molar-refractivity contribution in [1.29, 1.82) is 0 Å². The van der Waals surface area contributed by atoms with Crippen molar-refractivity contribution in [2.75, 3.05) is 18.2 Å². The van der Waals surface area contributed by atoms with Gasteiger partial charge in [0.2, 0.25) is 5.91 Å². The minimum Gasteiger partial charge on any atom is -0.465 e. The number of nitrogens with zero attached hydrogens (tertiary/aromatic N) is 3. The summed E-state index contributed by atoms with van der Waals surface area (Å²) in [5.74, 6) is 0.587. The number of esters is 1. The van der Waals surface area contributed by atoms with E-state index in [9.17, 15) is 14.0 Å². The average Bonchev–Trinajstić information content (AvgIpc) is 3.47. The molecule has 0 radical (unpaired) electrons. The first-order chi connectivity index (χ1) is 17.0. The molecule has 10 heteroatoms. The molecule has 1 saturated carbocycles. The van der Waals surface area contributed by atoms with Crippen LogP contribution in [0.4, 0.5) is 9.39 Å². The van der Waals surface area contributed by atoms with Crippen LogP contribution in [0.5, 0.6) is 0 Å². The number of nitrogens with one attached hydrogen (secondary N) is 1. The van der Waals surface area contributed by atoms with Crippen molar-refractivity contribution in [3.63, 3.8) is 0 Å². The van der Waals surface area contributed by atoms with Crippen molar-refractivity contribution in [2.45, 2.75) is 57.1 Å². The van der Waals surface area contributed by atoms with E-state index in [1.54, 1.807) is 17.5 Å². The SMILES string of the molecule is CCn1c(CC2CCCCC2)nnc1SCC(=O)Nc1scc(-c2ccc(F)cc2)c1C(=O)OC. The van der Waals surface area contributed by atoms with Crippen LogP contribution in [0.2, 0.25) is 0 Å². The van der Waals surface area contributed by atoms with Gasteiger partial charge in [0.15, 0.2) is 5.16 Å². The zero-order valence-electron chi connectivity index (χ0n) is 19.9. The molecular formula is C25H29FN4O3S2. The Kier molecular flexibility index (Phi) is 8.56. The first kappa shape index (κ1) is 25.4. The van der Waals surface area contributed by atoms with Gasteiger partial charge in [0.1, 0.15) is 22.2 Å². The fourth-order valence-corrected chi connectivity index (χ4v) is 6.23. The lowest BCUT2D eigenvalue weighted by molar-refractivity contribution is -0.113. The van der Waals surface area contributed by atoms with E-state index in [2.05, 4.69) is 27.0 Å². The number of benzene rings is 1.